The fraction of sp³-hybridized carbons (Fsp3) is 0.400. The molecule has 6 heteroatoms. The van der Waals surface area contributed by atoms with Gasteiger partial charge in [-0.1, -0.05) is 13.8 Å². The highest BCUT2D eigenvalue weighted by Crippen LogP contribution is 2.20. The molecule has 21 heavy (non-hydrogen) atoms. The summed E-state index contributed by atoms with van der Waals surface area (Å²) in [5.74, 6) is 0. The quantitative estimate of drug-likeness (QED) is 0.678. The molecule has 0 saturated carbocycles. The van der Waals surface area contributed by atoms with Crippen LogP contribution in [-0.4, -0.2) is 20.7 Å². The third kappa shape index (κ3) is 3.28. The van der Waals surface area contributed by atoms with Crippen LogP contribution in [0.5, 0.6) is 0 Å². The lowest BCUT2D eigenvalue weighted by atomic mass is 10.2. The molecule has 1 heterocycles. The first kappa shape index (κ1) is 15.2. The Morgan fingerprint density at radius 1 is 1.29 bits per heavy atom. The van der Waals surface area contributed by atoms with Crippen molar-refractivity contribution in [1.82, 2.24) is 15.1 Å². The zero-order chi connectivity index (χ0) is 15.6. The van der Waals surface area contributed by atoms with Gasteiger partial charge in [-0.25, -0.2) is 4.68 Å². The van der Waals surface area contributed by atoms with Gasteiger partial charge in [-0.2, -0.15) is 5.10 Å². The van der Waals surface area contributed by atoms with Crippen molar-refractivity contribution in [1.29, 1.82) is 0 Å². The van der Waals surface area contributed by atoms with Crippen LogP contribution < -0.4 is 5.32 Å². The summed E-state index contributed by atoms with van der Waals surface area (Å²) < 4.78 is 1.83. The predicted molar refractivity (Wildman–Crippen MR) is 81.7 cm³/mol. The van der Waals surface area contributed by atoms with Gasteiger partial charge in [-0.3, -0.25) is 10.1 Å². The molecule has 1 aromatic heterocycles. The van der Waals surface area contributed by atoms with Gasteiger partial charge >= 0.3 is 0 Å². The molecular weight excluding hydrogens is 268 g/mol. The molecule has 0 aliphatic carbocycles. The second-order valence-electron chi connectivity index (χ2n) is 5.37. The molecule has 1 aromatic carbocycles. The Morgan fingerprint density at radius 2 is 1.90 bits per heavy atom. The number of rotatable bonds is 5. The average molecular weight is 288 g/mol. The van der Waals surface area contributed by atoms with E-state index in [-0.39, 0.29) is 5.69 Å². The molecule has 0 saturated heterocycles. The molecule has 2 rings (SSSR count). The van der Waals surface area contributed by atoms with Gasteiger partial charge in [-0.15, -0.1) is 0 Å². The minimum atomic E-state index is -0.400. The summed E-state index contributed by atoms with van der Waals surface area (Å²) in [7, 11) is 0. The molecule has 0 amide bonds. The van der Waals surface area contributed by atoms with Gasteiger partial charge in [-0.05, 0) is 26.0 Å². The zero-order valence-corrected chi connectivity index (χ0v) is 12.8. The van der Waals surface area contributed by atoms with Crippen molar-refractivity contribution in [2.75, 3.05) is 0 Å². The number of nitro benzene ring substituents is 1. The van der Waals surface area contributed by atoms with Gasteiger partial charge in [0.1, 0.15) is 0 Å². The number of aromatic nitrogens is 2. The molecule has 0 aliphatic heterocycles. The number of non-ortho nitro benzene ring substituents is 1. The minimum absolute atomic E-state index is 0.0852. The van der Waals surface area contributed by atoms with Gasteiger partial charge < -0.3 is 5.32 Å². The maximum atomic E-state index is 10.7. The van der Waals surface area contributed by atoms with E-state index in [1.54, 1.807) is 12.1 Å². The molecule has 0 spiro atoms. The van der Waals surface area contributed by atoms with E-state index in [0.29, 0.717) is 6.04 Å². The van der Waals surface area contributed by atoms with Crippen molar-refractivity contribution in [3.63, 3.8) is 0 Å². The number of nitro groups is 1. The van der Waals surface area contributed by atoms with Crippen LogP contribution in [0.2, 0.25) is 0 Å². The largest absolute Gasteiger partial charge is 0.310 e. The molecule has 0 bridgehead atoms. The molecule has 0 atom stereocenters. The van der Waals surface area contributed by atoms with Crippen molar-refractivity contribution in [3.05, 3.63) is 51.3 Å². The van der Waals surface area contributed by atoms with Crippen LogP contribution in [0.1, 0.15) is 30.8 Å². The Bertz CT molecular complexity index is 644. The number of aryl methyl sites for hydroxylation is 1. The van der Waals surface area contributed by atoms with E-state index in [1.165, 1.54) is 17.7 Å². The smallest absolute Gasteiger partial charge is 0.269 e. The van der Waals surface area contributed by atoms with E-state index in [0.717, 1.165) is 23.6 Å². The van der Waals surface area contributed by atoms with E-state index in [1.807, 2.05) is 18.5 Å². The van der Waals surface area contributed by atoms with Gasteiger partial charge in [0, 0.05) is 36.0 Å². The molecule has 0 unspecified atom stereocenters. The highest BCUT2D eigenvalue weighted by Gasteiger charge is 2.13. The molecule has 6 nitrogen and oxygen atoms in total. The van der Waals surface area contributed by atoms with Crippen LogP contribution in [-0.2, 0) is 6.54 Å². The zero-order valence-electron chi connectivity index (χ0n) is 12.8. The fourth-order valence-electron chi connectivity index (χ4n) is 2.20. The van der Waals surface area contributed by atoms with Crippen molar-refractivity contribution in [3.8, 4) is 5.69 Å². The van der Waals surface area contributed by atoms with Crippen molar-refractivity contribution in [2.24, 2.45) is 0 Å². The minimum Gasteiger partial charge on any atom is -0.310 e. The molecule has 112 valence electrons. The number of hydrogen-bond donors (Lipinski definition) is 1. The fourth-order valence-corrected chi connectivity index (χ4v) is 2.20. The monoisotopic (exact) mass is 288 g/mol. The Kier molecular flexibility index (Phi) is 4.37. The van der Waals surface area contributed by atoms with Gasteiger partial charge in [0.05, 0.1) is 16.3 Å². The first-order valence-electron chi connectivity index (χ1n) is 6.93. The second-order valence-corrected chi connectivity index (χ2v) is 5.37. The SMILES string of the molecule is Cc1nn(-c2ccc([N+](=O)[O-])cc2)c(C)c1CNC(C)C. The molecule has 1 N–H and O–H groups in total. The van der Waals surface area contributed by atoms with E-state index in [2.05, 4.69) is 24.3 Å². The summed E-state index contributed by atoms with van der Waals surface area (Å²) in [6.07, 6.45) is 0. The summed E-state index contributed by atoms with van der Waals surface area (Å²) in [6.45, 7) is 8.96. The van der Waals surface area contributed by atoms with E-state index >= 15 is 0 Å². The van der Waals surface area contributed by atoms with Crippen LogP contribution in [0, 0.1) is 24.0 Å². The summed E-state index contributed by atoms with van der Waals surface area (Å²) >= 11 is 0. The normalized spacial score (nSPS) is 11.1. The van der Waals surface area contributed by atoms with Crippen LogP contribution >= 0.6 is 0 Å². The first-order valence-corrected chi connectivity index (χ1v) is 6.93. The van der Waals surface area contributed by atoms with Crippen molar-refractivity contribution >= 4 is 5.69 Å². The number of nitrogens with zero attached hydrogens (tertiary/aromatic N) is 3. The van der Waals surface area contributed by atoms with Crippen LogP contribution in [0.15, 0.2) is 24.3 Å². The molecule has 0 fully saturated rings. The highest BCUT2D eigenvalue weighted by atomic mass is 16.6. The summed E-state index contributed by atoms with van der Waals surface area (Å²) in [5.41, 5.74) is 4.11. The summed E-state index contributed by atoms with van der Waals surface area (Å²) in [5, 5.41) is 18.6. The van der Waals surface area contributed by atoms with Gasteiger partial charge in [0.2, 0.25) is 0 Å². The maximum Gasteiger partial charge on any atom is 0.269 e. The van der Waals surface area contributed by atoms with Crippen LogP contribution in [0.3, 0.4) is 0 Å². The van der Waals surface area contributed by atoms with E-state index in [9.17, 15) is 10.1 Å². The molecule has 0 radical (unpaired) electrons. The summed E-state index contributed by atoms with van der Waals surface area (Å²) in [6, 6.07) is 6.84. The second kappa shape index (κ2) is 6.05. The van der Waals surface area contributed by atoms with E-state index < -0.39 is 4.92 Å². The summed E-state index contributed by atoms with van der Waals surface area (Å²) in [4.78, 5) is 10.3. The third-order valence-corrected chi connectivity index (χ3v) is 3.43. The third-order valence-electron chi connectivity index (χ3n) is 3.43. The lowest BCUT2D eigenvalue weighted by Crippen LogP contribution is -2.22. The standard InChI is InChI=1S/C15H20N4O2/c1-10(2)16-9-15-11(3)17-18(12(15)4)13-5-7-14(8-6-13)19(20)21/h5-8,10,16H,9H2,1-4H3. The Hall–Kier alpha value is -2.21. The lowest BCUT2D eigenvalue weighted by Gasteiger charge is -2.09. The van der Waals surface area contributed by atoms with Crippen molar-refractivity contribution in [2.45, 2.75) is 40.3 Å². The average Bonchev–Trinajstić information content (AvgIpc) is 2.72. The van der Waals surface area contributed by atoms with Gasteiger partial charge in [0.15, 0.2) is 0 Å². The Balaban J connectivity index is 2.32. The molecule has 0 aliphatic rings. The van der Waals surface area contributed by atoms with Crippen LogP contribution in [0.25, 0.3) is 5.69 Å². The topological polar surface area (TPSA) is 73.0 Å². The van der Waals surface area contributed by atoms with Crippen LogP contribution in [0.4, 0.5) is 5.69 Å². The predicted octanol–water partition coefficient (Wildman–Crippen LogP) is 2.90. The Morgan fingerprint density at radius 3 is 2.43 bits per heavy atom. The lowest BCUT2D eigenvalue weighted by molar-refractivity contribution is -0.384. The number of nitrogens with one attached hydrogen (secondary N) is 1. The number of hydrogen-bond acceptors (Lipinski definition) is 4. The molecular formula is C15H20N4O2. The van der Waals surface area contributed by atoms with Crippen molar-refractivity contribution < 1.29 is 4.92 Å². The first-order chi connectivity index (χ1) is 9.90. The van der Waals surface area contributed by atoms with Gasteiger partial charge in [0.25, 0.3) is 5.69 Å². The Labute approximate surface area is 123 Å². The number of benzene rings is 1. The maximum absolute atomic E-state index is 10.7. The van der Waals surface area contributed by atoms with E-state index in [4.69, 9.17) is 0 Å². The molecule has 2 aromatic rings. The highest BCUT2D eigenvalue weighted by molar-refractivity contribution is 5.42.